The maximum Gasteiger partial charge on any atom is 0.416 e. The summed E-state index contributed by atoms with van der Waals surface area (Å²) in [5.41, 5.74) is -0.765. The summed E-state index contributed by atoms with van der Waals surface area (Å²) in [5, 5.41) is -0.335. The Labute approximate surface area is 208 Å². The van der Waals surface area contributed by atoms with Gasteiger partial charge >= 0.3 is 16.3 Å². The van der Waals surface area contributed by atoms with Crippen molar-refractivity contribution in [2.45, 2.75) is 23.6 Å². The van der Waals surface area contributed by atoms with Crippen molar-refractivity contribution in [3.63, 3.8) is 0 Å². The lowest BCUT2D eigenvalue weighted by atomic mass is 10.0. The van der Waals surface area contributed by atoms with Crippen molar-refractivity contribution >= 4 is 21.7 Å². The minimum atomic E-state index is -5.12. The zero-order chi connectivity index (χ0) is 27.3. The van der Waals surface area contributed by atoms with Crippen LogP contribution in [0.2, 0.25) is 5.02 Å². The third kappa shape index (κ3) is 5.12. The van der Waals surface area contributed by atoms with Gasteiger partial charge in [-0.2, -0.15) is 30.4 Å². The minimum Gasteiger partial charge on any atom is -0.493 e. The van der Waals surface area contributed by atoms with E-state index in [9.17, 15) is 43.5 Å². The first-order chi connectivity index (χ1) is 17.2. The Balaban J connectivity index is 1.62. The summed E-state index contributed by atoms with van der Waals surface area (Å²) < 4.78 is 147. The van der Waals surface area contributed by atoms with Crippen LogP contribution in [0.15, 0.2) is 41.3 Å². The molecule has 0 fully saturated rings. The zero-order valence-corrected chi connectivity index (χ0v) is 19.4. The molecule has 3 aromatic rings. The summed E-state index contributed by atoms with van der Waals surface area (Å²) in [6.07, 6.45) is -5.31. The summed E-state index contributed by atoms with van der Waals surface area (Å²) in [5.74, 6) is -14.5. The highest BCUT2D eigenvalue weighted by molar-refractivity contribution is 7.87. The Morgan fingerprint density at radius 1 is 0.892 bits per heavy atom. The predicted molar refractivity (Wildman–Crippen MR) is 110 cm³/mol. The van der Waals surface area contributed by atoms with Crippen molar-refractivity contribution in [1.29, 1.82) is 0 Å². The third-order valence-electron chi connectivity index (χ3n) is 5.15. The van der Waals surface area contributed by atoms with Crippen molar-refractivity contribution in [3.05, 3.63) is 81.6 Å². The van der Waals surface area contributed by atoms with Crippen LogP contribution in [-0.2, 0) is 16.3 Å². The molecule has 0 saturated heterocycles. The summed E-state index contributed by atoms with van der Waals surface area (Å²) in [6.45, 7) is -0.0437. The molecule has 0 aromatic heterocycles. The fourth-order valence-electron chi connectivity index (χ4n) is 3.36. The molecule has 1 heterocycles. The van der Waals surface area contributed by atoms with Crippen LogP contribution in [-0.4, -0.2) is 15.0 Å². The molecule has 3 aromatic carbocycles. The molecule has 0 unspecified atom stereocenters. The second-order valence-corrected chi connectivity index (χ2v) is 9.48. The maximum atomic E-state index is 13.9. The van der Waals surface area contributed by atoms with Gasteiger partial charge in [0.1, 0.15) is 22.5 Å². The molecule has 15 heteroatoms. The van der Waals surface area contributed by atoms with Gasteiger partial charge in [0.2, 0.25) is 34.8 Å². The van der Waals surface area contributed by atoms with E-state index >= 15 is 0 Å². The van der Waals surface area contributed by atoms with Gasteiger partial charge in [-0.15, -0.1) is 0 Å². The normalized spacial score (nSPS) is 15.6. The Morgan fingerprint density at radius 2 is 1.51 bits per heavy atom. The molecule has 0 bridgehead atoms. The second-order valence-electron chi connectivity index (χ2n) is 7.52. The molecular weight excluding hydrogens is 564 g/mol. The van der Waals surface area contributed by atoms with Crippen LogP contribution in [0.25, 0.3) is 0 Å². The fraction of sp³-hybridized carbons (Fsp3) is 0.182. The summed E-state index contributed by atoms with van der Waals surface area (Å²) in [4.78, 5) is -0.761. The Hall–Kier alpha value is -3.26. The number of alkyl halides is 3. The molecular formula is C22H11ClF8O5S. The van der Waals surface area contributed by atoms with Crippen LogP contribution in [0.1, 0.15) is 23.7 Å². The first-order valence-corrected chi connectivity index (χ1v) is 11.8. The van der Waals surface area contributed by atoms with Crippen molar-refractivity contribution in [1.82, 2.24) is 0 Å². The highest BCUT2D eigenvalue weighted by Gasteiger charge is 2.34. The van der Waals surface area contributed by atoms with Gasteiger partial charge in [-0.25, -0.2) is 13.2 Å². The number of halogens is 9. The molecule has 0 aliphatic carbocycles. The number of rotatable bonds is 5. The number of hydrogen-bond acceptors (Lipinski definition) is 5. The van der Waals surface area contributed by atoms with Crippen molar-refractivity contribution in [2.75, 3.05) is 6.61 Å². The number of ether oxygens (including phenoxy) is 2. The van der Waals surface area contributed by atoms with E-state index < -0.39 is 67.7 Å². The largest absolute Gasteiger partial charge is 0.493 e. The minimum absolute atomic E-state index is 0.0437. The van der Waals surface area contributed by atoms with Crippen LogP contribution in [0, 0.1) is 29.1 Å². The number of fused-ring (bicyclic) bond motifs is 1. The molecule has 0 N–H and O–H groups in total. The monoisotopic (exact) mass is 574 g/mol. The van der Waals surface area contributed by atoms with E-state index in [-0.39, 0.29) is 35.1 Å². The van der Waals surface area contributed by atoms with E-state index in [1.54, 1.807) is 0 Å². The van der Waals surface area contributed by atoms with Crippen molar-refractivity contribution < 1.29 is 57.2 Å². The lowest BCUT2D eigenvalue weighted by Gasteiger charge is -2.27. The maximum absolute atomic E-state index is 13.9. The lowest BCUT2D eigenvalue weighted by Crippen LogP contribution is -2.20. The molecule has 1 aliphatic rings. The van der Waals surface area contributed by atoms with Gasteiger partial charge in [-0.3, -0.25) is 0 Å². The van der Waals surface area contributed by atoms with E-state index in [1.807, 2.05) is 0 Å². The zero-order valence-electron chi connectivity index (χ0n) is 17.8. The van der Waals surface area contributed by atoms with Crippen molar-refractivity contribution in [3.8, 4) is 17.2 Å². The molecule has 198 valence electrons. The highest BCUT2D eigenvalue weighted by Crippen LogP contribution is 2.41. The van der Waals surface area contributed by atoms with E-state index in [2.05, 4.69) is 4.18 Å². The summed E-state index contributed by atoms with van der Waals surface area (Å²) in [7, 11) is -5.12. The molecule has 0 spiro atoms. The average molecular weight is 575 g/mol. The molecule has 5 nitrogen and oxygen atoms in total. The van der Waals surface area contributed by atoms with E-state index in [1.165, 1.54) is 0 Å². The third-order valence-corrected chi connectivity index (χ3v) is 6.66. The highest BCUT2D eigenvalue weighted by atomic mass is 35.5. The summed E-state index contributed by atoms with van der Waals surface area (Å²) in [6, 6.07) is 5.35. The molecule has 0 amide bonds. The Bertz CT molecular complexity index is 1460. The van der Waals surface area contributed by atoms with E-state index in [0.717, 1.165) is 30.3 Å². The van der Waals surface area contributed by atoms with Gasteiger partial charge < -0.3 is 13.7 Å². The van der Waals surface area contributed by atoms with Crippen LogP contribution in [0.4, 0.5) is 35.1 Å². The first kappa shape index (κ1) is 26.8. The topological polar surface area (TPSA) is 61.8 Å². The van der Waals surface area contributed by atoms with Gasteiger partial charge in [0.15, 0.2) is 0 Å². The Kier molecular flexibility index (Phi) is 6.92. The summed E-state index contributed by atoms with van der Waals surface area (Å²) >= 11 is 5.91. The van der Waals surface area contributed by atoms with Crippen LogP contribution in [0.5, 0.6) is 17.2 Å². The molecule has 1 atom stereocenters. The van der Waals surface area contributed by atoms with Crippen molar-refractivity contribution in [2.24, 2.45) is 0 Å². The predicted octanol–water partition coefficient (Wildman–Crippen LogP) is 6.72. The molecule has 0 saturated carbocycles. The first-order valence-electron chi connectivity index (χ1n) is 9.96. The molecule has 4 rings (SSSR count). The van der Waals surface area contributed by atoms with Gasteiger partial charge in [0.05, 0.1) is 17.2 Å². The smallest absolute Gasteiger partial charge is 0.416 e. The molecule has 0 radical (unpaired) electrons. The standard InChI is InChI=1S/C22H11ClF8O5S/c23-12-7-9(22(29,30)31)1-4-14(12)35-13-5-6-34-15-8-10(2-3-11(13)15)37(32,33)36-21-19(27)17(25)16(24)18(26)20(21)28/h1-4,7-8,13H,5-6H2/t13-/m1/s1. The number of benzene rings is 3. The quantitative estimate of drug-likeness (QED) is 0.146. The number of hydrogen-bond donors (Lipinski definition) is 0. The average Bonchev–Trinajstić information content (AvgIpc) is 2.84. The van der Waals surface area contributed by atoms with Crippen LogP contribution < -0.4 is 13.7 Å². The SMILES string of the molecule is O=S(=O)(Oc1c(F)c(F)c(F)c(F)c1F)c1ccc2c(c1)OCC[C@H]2Oc1ccc(C(F)(F)F)cc1Cl. The second kappa shape index (κ2) is 9.56. The van der Waals surface area contributed by atoms with E-state index in [0.29, 0.717) is 6.07 Å². The fourth-order valence-corrected chi connectivity index (χ4v) is 4.53. The van der Waals surface area contributed by atoms with Gasteiger partial charge in [-0.05, 0) is 24.3 Å². The molecule has 37 heavy (non-hydrogen) atoms. The van der Waals surface area contributed by atoms with Gasteiger partial charge in [-0.1, -0.05) is 17.7 Å². The van der Waals surface area contributed by atoms with Crippen LogP contribution in [0.3, 0.4) is 0 Å². The Morgan fingerprint density at radius 3 is 2.11 bits per heavy atom. The van der Waals surface area contributed by atoms with E-state index in [4.69, 9.17) is 21.1 Å². The van der Waals surface area contributed by atoms with Gasteiger partial charge in [0, 0.05) is 18.1 Å². The molecule has 1 aliphatic heterocycles. The lowest BCUT2D eigenvalue weighted by molar-refractivity contribution is -0.137. The van der Waals surface area contributed by atoms with Gasteiger partial charge in [0.25, 0.3) is 0 Å². The van der Waals surface area contributed by atoms with Crippen LogP contribution >= 0.6 is 11.6 Å².